The first-order valence-corrected chi connectivity index (χ1v) is 3.59. The highest BCUT2D eigenvalue weighted by Crippen LogP contribution is 2.00. The van der Waals surface area contributed by atoms with Gasteiger partial charge in [-0.25, -0.2) is 14.4 Å². The van der Waals surface area contributed by atoms with Crippen LogP contribution in [0.15, 0.2) is 0 Å². The van der Waals surface area contributed by atoms with E-state index in [0.29, 0.717) is 0 Å². The smallest absolute Gasteiger partial charge is 0.408 e. The maximum Gasteiger partial charge on any atom is 0.408 e. The van der Waals surface area contributed by atoms with Crippen LogP contribution in [0.2, 0.25) is 0 Å². The lowest BCUT2D eigenvalue weighted by Gasteiger charge is -2.31. The number of aliphatic hydroxyl groups is 2. The van der Waals surface area contributed by atoms with E-state index in [-0.39, 0.29) is 0 Å². The number of rotatable bonds is 4. The zero-order valence-corrected chi connectivity index (χ0v) is 7.54. The van der Waals surface area contributed by atoms with Crippen molar-refractivity contribution in [2.75, 3.05) is 0 Å². The highest BCUT2D eigenvalue weighted by atomic mass is 16.4. The molecule has 1 atom stereocenters. The molecule has 0 saturated heterocycles. The Morgan fingerprint density at radius 3 is 1.56 bits per heavy atom. The normalized spacial score (nSPS) is 12.4. The Bertz CT molecular complexity index is 288. The Labute approximate surface area is 87.3 Å². The van der Waals surface area contributed by atoms with Crippen LogP contribution in [-0.2, 0) is 0 Å². The number of carboxylic acid groups (broad SMARTS) is 3. The van der Waals surface area contributed by atoms with Gasteiger partial charge in [0.1, 0.15) is 0 Å². The fourth-order valence-corrected chi connectivity index (χ4v) is 0.715. The van der Waals surface area contributed by atoms with Gasteiger partial charge in [-0.05, 0) is 0 Å². The Kier molecular flexibility index (Phi) is 4.28. The molecule has 0 aliphatic heterocycles. The van der Waals surface area contributed by atoms with Gasteiger partial charge >= 0.3 is 18.3 Å². The van der Waals surface area contributed by atoms with E-state index in [2.05, 4.69) is 0 Å². The molecule has 0 aliphatic carbocycles. The highest BCUT2D eigenvalue weighted by Gasteiger charge is 2.40. The van der Waals surface area contributed by atoms with Crippen LogP contribution in [-0.4, -0.2) is 55.9 Å². The standard InChI is InChI=1S/C5H9N3O8/c9-1(6-2(10)11)5(16,7-3(12)13)8-4(14)15/h1,6-9,16H,(H,10,11)(H,12,13)(H,14,15). The molecular weight excluding hydrogens is 230 g/mol. The van der Waals surface area contributed by atoms with Gasteiger partial charge in [0, 0.05) is 0 Å². The molecule has 0 aromatic rings. The second-order valence-electron chi connectivity index (χ2n) is 2.48. The van der Waals surface area contributed by atoms with Crippen molar-refractivity contribution in [3.8, 4) is 0 Å². The van der Waals surface area contributed by atoms with Gasteiger partial charge in [-0.2, -0.15) is 0 Å². The lowest BCUT2D eigenvalue weighted by atomic mass is 10.3. The van der Waals surface area contributed by atoms with E-state index < -0.39 is 30.4 Å². The number of hydrogen-bond acceptors (Lipinski definition) is 5. The van der Waals surface area contributed by atoms with E-state index in [9.17, 15) is 19.5 Å². The second kappa shape index (κ2) is 4.99. The lowest BCUT2D eigenvalue weighted by molar-refractivity contribution is -0.120. The molecule has 0 aliphatic rings. The van der Waals surface area contributed by atoms with Crippen LogP contribution in [0.3, 0.4) is 0 Å². The third-order valence-electron chi connectivity index (χ3n) is 1.25. The zero-order chi connectivity index (χ0) is 12.9. The van der Waals surface area contributed by atoms with Crippen LogP contribution in [0.5, 0.6) is 0 Å². The minimum absolute atomic E-state index is 1.20. The first-order chi connectivity index (χ1) is 7.17. The quantitative estimate of drug-likeness (QED) is 0.252. The predicted molar refractivity (Wildman–Crippen MR) is 44.4 cm³/mol. The van der Waals surface area contributed by atoms with Gasteiger partial charge in [-0.15, -0.1) is 0 Å². The number of carbonyl (C=O) groups is 3. The van der Waals surface area contributed by atoms with Gasteiger partial charge in [-0.1, -0.05) is 0 Å². The fraction of sp³-hybridized carbons (Fsp3) is 0.400. The highest BCUT2D eigenvalue weighted by molar-refractivity contribution is 5.70. The van der Waals surface area contributed by atoms with E-state index >= 15 is 0 Å². The van der Waals surface area contributed by atoms with Gasteiger partial charge in [0.25, 0.3) is 5.85 Å². The van der Waals surface area contributed by atoms with Crippen molar-refractivity contribution in [1.29, 1.82) is 0 Å². The van der Waals surface area contributed by atoms with Gasteiger partial charge < -0.3 is 25.5 Å². The minimum atomic E-state index is -3.10. The first kappa shape index (κ1) is 13.7. The summed E-state index contributed by atoms with van der Waals surface area (Å²) in [6.07, 6.45) is -8.01. The van der Waals surface area contributed by atoms with E-state index in [1.54, 1.807) is 0 Å². The van der Waals surface area contributed by atoms with E-state index in [1.165, 1.54) is 16.0 Å². The van der Waals surface area contributed by atoms with Crippen molar-refractivity contribution in [3.05, 3.63) is 0 Å². The molecule has 16 heavy (non-hydrogen) atoms. The van der Waals surface area contributed by atoms with Gasteiger partial charge in [0.05, 0.1) is 0 Å². The summed E-state index contributed by atoms with van der Waals surface area (Å²) < 4.78 is 0. The van der Waals surface area contributed by atoms with Crippen molar-refractivity contribution in [2.24, 2.45) is 0 Å². The molecule has 3 amide bonds. The molecule has 0 saturated carbocycles. The summed E-state index contributed by atoms with van der Waals surface area (Å²) in [4.78, 5) is 30.5. The van der Waals surface area contributed by atoms with Crippen LogP contribution in [0.1, 0.15) is 0 Å². The van der Waals surface area contributed by atoms with Crippen LogP contribution in [0.4, 0.5) is 14.4 Å². The van der Waals surface area contributed by atoms with Crippen molar-refractivity contribution in [1.82, 2.24) is 16.0 Å². The third kappa shape index (κ3) is 4.30. The monoisotopic (exact) mass is 239 g/mol. The van der Waals surface area contributed by atoms with Gasteiger partial charge in [0.15, 0.2) is 6.23 Å². The number of hydrogen-bond donors (Lipinski definition) is 8. The summed E-state index contributed by atoms with van der Waals surface area (Å²) in [5.41, 5.74) is 0. The third-order valence-corrected chi connectivity index (χ3v) is 1.25. The molecule has 0 heterocycles. The summed E-state index contributed by atoms with van der Waals surface area (Å²) in [7, 11) is 0. The molecule has 8 N–H and O–H groups in total. The van der Waals surface area contributed by atoms with Crippen LogP contribution in [0, 0.1) is 0 Å². The number of aliphatic hydroxyl groups excluding tert-OH is 1. The Morgan fingerprint density at radius 1 is 0.938 bits per heavy atom. The average molecular weight is 239 g/mol. The molecule has 0 rings (SSSR count). The minimum Gasteiger partial charge on any atom is -0.465 e. The first-order valence-electron chi connectivity index (χ1n) is 3.59. The maximum absolute atomic E-state index is 10.2. The molecule has 1 unspecified atom stereocenters. The summed E-state index contributed by atoms with van der Waals surface area (Å²) in [5, 5.41) is 46.7. The van der Waals surface area contributed by atoms with Crippen LogP contribution >= 0.6 is 0 Å². The summed E-state index contributed by atoms with van der Waals surface area (Å²) in [6, 6.07) is 0. The predicted octanol–water partition coefficient (Wildman–Crippen LogP) is -2.25. The van der Waals surface area contributed by atoms with Crippen molar-refractivity contribution < 1.29 is 39.9 Å². The maximum atomic E-state index is 10.2. The number of nitrogens with one attached hydrogen (secondary N) is 3. The Morgan fingerprint density at radius 2 is 1.31 bits per heavy atom. The summed E-state index contributed by atoms with van der Waals surface area (Å²) in [5.74, 6) is -3.10. The second-order valence-corrected chi connectivity index (χ2v) is 2.48. The molecule has 0 fully saturated rings. The molecular formula is C5H9N3O8. The van der Waals surface area contributed by atoms with E-state index in [1.807, 2.05) is 0 Å². The summed E-state index contributed by atoms with van der Waals surface area (Å²) in [6.45, 7) is 0. The Balaban J connectivity index is 4.82. The molecule has 0 aromatic carbocycles. The van der Waals surface area contributed by atoms with E-state index in [0.717, 1.165) is 0 Å². The largest absolute Gasteiger partial charge is 0.465 e. The molecule has 11 nitrogen and oxygen atoms in total. The van der Waals surface area contributed by atoms with Crippen molar-refractivity contribution in [3.63, 3.8) is 0 Å². The zero-order valence-electron chi connectivity index (χ0n) is 7.54. The summed E-state index contributed by atoms with van der Waals surface area (Å²) >= 11 is 0. The molecule has 0 bridgehead atoms. The molecule has 92 valence electrons. The van der Waals surface area contributed by atoms with Crippen molar-refractivity contribution >= 4 is 18.3 Å². The molecule has 0 aromatic heterocycles. The van der Waals surface area contributed by atoms with E-state index in [4.69, 9.17) is 20.4 Å². The van der Waals surface area contributed by atoms with Crippen LogP contribution < -0.4 is 16.0 Å². The van der Waals surface area contributed by atoms with Gasteiger partial charge in [0.2, 0.25) is 0 Å². The van der Waals surface area contributed by atoms with Gasteiger partial charge in [-0.3, -0.25) is 16.0 Å². The number of amides is 3. The molecule has 0 radical (unpaired) electrons. The average Bonchev–Trinajstić information content (AvgIpc) is 1.98. The topological polar surface area (TPSA) is 188 Å². The van der Waals surface area contributed by atoms with Crippen LogP contribution in [0.25, 0.3) is 0 Å². The molecule has 11 heteroatoms. The van der Waals surface area contributed by atoms with Crippen molar-refractivity contribution in [2.45, 2.75) is 12.1 Å². The fourth-order valence-electron chi connectivity index (χ4n) is 0.715. The molecule has 0 spiro atoms. The Hall–Kier alpha value is -2.27. The lowest BCUT2D eigenvalue weighted by Crippen LogP contribution is -2.70. The SMILES string of the molecule is O=C(O)NC(O)C(O)(NC(=O)O)NC(=O)O.